The zero-order valence-corrected chi connectivity index (χ0v) is 16.7. The third-order valence-electron chi connectivity index (χ3n) is 5.46. The Morgan fingerprint density at radius 1 is 0.962 bits per heavy atom. The minimum atomic E-state index is 0.995. The van der Waals surface area contributed by atoms with Gasteiger partial charge in [0.1, 0.15) is 45.0 Å². The molecule has 4 rings (SSSR count). The molecule has 136 valence electrons. The number of para-hydroxylation sites is 1. The van der Waals surface area contributed by atoms with Crippen LogP contribution in [0.4, 0.5) is 0 Å². The minimum absolute atomic E-state index is 0.995. The van der Waals surface area contributed by atoms with Crippen molar-refractivity contribution in [3.05, 3.63) is 64.3 Å². The molecule has 0 saturated carbocycles. The van der Waals surface area contributed by atoms with Crippen LogP contribution in [0.25, 0.3) is 10.9 Å². The highest BCUT2D eigenvalue weighted by Crippen LogP contribution is 2.22. The van der Waals surface area contributed by atoms with Crippen LogP contribution < -0.4 is 14.5 Å². The van der Waals surface area contributed by atoms with Gasteiger partial charge in [0.15, 0.2) is 0 Å². The van der Waals surface area contributed by atoms with Crippen molar-refractivity contribution >= 4 is 26.8 Å². The average Bonchev–Trinajstić information content (AvgIpc) is 3.07. The molecule has 0 amide bonds. The maximum atomic E-state index is 5.53. The van der Waals surface area contributed by atoms with Crippen LogP contribution in [0.3, 0.4) is 0 Å². The van der Waals surface area contributed by atoms with Crippen molar-refractivity contribution in [2.75, 3.05) is 33.3 Å². The molecule has 0 atom stereocenters. The van der Waals surface area contributed by atoms with Gasteiger partial charge in [-0.1, -0.05) is 34.1 Å². The van der Waals surface area contributed by atoms with E-state index in [9.17, 15) is 0 Å². The number of H-pyrrole nitrogens is 1. The van der Waals surface area contributed by atoms with E-state index >= 15 is 0 Å². The summed E-state index contributed by atoms with van der Waals surface area (Å²) in [7, 11) is 1.76. The number of aromatic amines is 1. The summed E-state index contributed by atoms with van der Waals surface area (Å²) in [6, 6.07) is 14.9. The molecule has 0 unspecified atom stereocenters. The van der Waals surface area contributed by atoms with E-state index in [1.165, 1.54) is 48.2 Å². The van der Waals surface area contributed by atoms with Crippen molar-refractivity contribution in [2.24, 2.45) is 0 Å². The molecule has 3 aromatic rings. The number of hydrogen-bond donors (Lipinski definition) is 3. The monoisotopic (exact) mass is 415 g/mol. The predicted octanol–water partition coefficient (Wildman–Crippen LogP) is 1.42. The van der Waals surface area contributed by atoms with Crippen LogP contribution in [0.15, 0.2) is 53.1 Å². The first-order valence-corrected chi connectivity index (χ1v) is 10.1. The lowest BCUT2D eigenvalue weighted by Crippen LogP contribution is -3.27. The highest BCUT2D eigenvalue weighted by molar-refractivity contribution is 9.10. The van der Waals surface area contributed by atoms with Gasteiger partial charge < -0.3 is 19.5 Å². The Balaban J connectivity index is 1.36. The number of methoxy groups -OCH3 is 1. The molecule has 1 aliphatic heterocycles. The Labute approximate surface area is 162 Å². The Morgan fingerprint density at radius 3 is 2.38 bits per heavy atom. The first kappa shape index (κ1) is 17.6. The lowest BCUT2D eigenvalue weighted by molar-refractivity contribution is -1.02. The van der Waals surface area contributed by atoms with E-state index in [1.54, 1.807) is 16.9 Å². The fourth-order valence-corrected chi connectivity index (χ4v) is 4.42. The van der Waals surface area contributed by atoms with Gasteiger partial charge in [0, 0.05) is 32.7 Å². The second-order valence-corrected chi connectivity index (χ2v) is 8.08. The van der Waals surface area contributed by atoms with E-state index < -0.39 is 0 Å². The number of aromatic nitrogens is 1. The highest BCUT2D eigenvalue weighted by Gasteiger charge is 2.24. The molecule has 2 heterocycles. The molecule has 0 spiro atoms. The van der Waals surface area contributed by atoms with Crippen LogP contribution in [0, 0.1) is 0 Å². The van der Waals surface area contributed by atoms with Crippen LogP contribution in [0.1, 0.15) is 11.1 Å². The number of benzene rings is 2. The summed E-state index contributed by atoms with van der Waals surface area (Å²) in [5.41, 5.74) is 3.97. The normalized spacial score (nSPS) is 20.4. The van der Waals surface area contributed by atoms with Gasteiger partial charge in [-0.05, 0) is 24.3 Å². The molecule has 0 radical (unpaired) electrons. The largest absolute Gasteiger partial charge is 0.496 e. The van der Waals surface area contributed by atoms with E-state index in [0.717, 1.165) is 23.3 Å². The zero-order valence-electron chi connectivity index (χ0n) is 15.1. The topological polar surface area (TPSA) is 33.9 Å². The quantitative estimate of drug-likeness (QED) is 0.578. The Bertz CT molecular complexity index is 884. The number of fused-ring (bicyclic) bond motifs is 1. The summed E-state index contributed by atoms with van der Waals surface area (Å²) in [6.45, 7) is 6.97. The molecule has 3 N–H and O–H groups in total. The summed E-state index contributed by atoms with van der Waals surface area (Å²) < 4.78 is 6.65. The Hall–Kier alpha value is -1.82. The smallest absolute Gasteiger partial charge is 0.127 e. The zero-order chi connectivity index (χ0) is 17.9. The fourth-order valence-electron chi connectivity index (χ4n) is 4.01. The fraction of sp³-hybridized carbons (Fsp3) is 0.333. The predicted molar refractivity (Wildman–Crippen MR) is 108 cm³/mol. The molecule has 0 bridgehead atoms. The van der Waals surface area contributed by atoms with E-state index in [4.69, 9.17) is 4.74 Å². The van der Waals surface area contributed by atoms with E-state index in [0.29, 0.717) is 0 Å². The van der Waals surface area contributed by atoms with Crippen molar-refractivity contribution in [2.45, 2.75) is 13.1 Å². The first-order chi connectivity index (χ1) is 12.7. The number of hydrogen-bond acceptors (Lipinski definition) is 1. The second-order valence-electron chi connectivity index (χ2n) is 7.17. The maximum Gasteiger partial charge on any atom is 0.127 e. The summed E-state index contributed by atoms with van der Waals surface area (Å²) >= 11 is 3.58. The number of halogens is 1. The summed E-state index contributed by atoms with van der Waals surface area (Å²) in [5.74, 6) is 0.995. The molecule has 1 saturated heterocycles. The second kappa shape index (κ2) is 7.82. The van der Waals surface area contributed by atoms with Gasteiger partial charge >= 0.3 is 0 Å². The number of rotatable bonds is 5. The van der Waals surface area contributed by atoms with Crippen LogP contribution >= 0.6 is 15.9 Å². The molecule has 2 aromatic carbocycles. The van der Waals surface area contributed by atoms with Crippen molar-refractivity contribution in [1.82, 2.24) is 4.98 Å². The minimum Gasteiger partial charge on any atom is -0.496 e. The van der Waals surface area contributed by atoms with Crippen LogP contribution in [-0.4, -0.2) is 38.3 Å². The number of quaternary nitrogens is 2. The van der Waals surface area contributed by atoms with Crippen molar-refractivity contribution < 1.29 is 14.5 Å². The third-order valence-corrected chi connectivity index (χ3v) is 5.96. The molecule has 1 aromatic heterocycles. The van der Waals surface area contributed by atoms with Crippen LogP contribution in [0.2, 0.25) is 0 Å². The Morgan fingerprint density at radius 2 is 1.65 bits per heavy atom. The molecule has 1 aliphatic rings. The summed E-state index contributed by atoms with van der Waals surface area (Å²) in [6.07, 6.45) is 2.18. The van der Waals surface area contributed by atoms with Gasteiger partial charge in [0.25, 0.3) is 0 Å². The van der Waals surface area contributed by atoms with Crippen LogP contribution in [-0.2, 0) is 13.1 Å². The van der Waals surface area contributed by atoms with E-state index in [2.05, 4.69) is 63.5 Å². The lowest BCUT2D eigenvalue weighted by Gasteiger charge is -2.30. The van der Waals surface area contributed by atoms with Crippen molar-refractivity contribution in [3.8, 4) is 5.75 Å². The standard InChI is InChI=1S/C21H24BrN3O/c1-26-21-7-6-18(22)12-16(21)14-24-8-10-25(11-9-24)15-17-13-23-20-5-3-2-4-19(17)20/h2-7,12-13,23H,8-11,14-15H2,1H3/p+2. The van der Waals surface area contributed by atoms with E-state index in [1.807, 2.05) is 6.07 Å². The highest BCUT2D eigenvalue weighted by atomic mass is 79.9. The first-order valence-electron chi connectivity index (χ1n) is 9.27. The molecular formula is C21H26BrN3O+2. The third kappa shape index (κ3) is 3.80. The molecular weight excluding hydrogens is 390 g/mol. The average molecular weight is 416 g/mol. The number of ether oxygens (including phenoxy) is 1. The molecule has 0 aliphatic carbocycles. The molecule has 4 nitrogen and oxygen atoms in total. The maximum absolute atomic E-state index is 5.53. The van der Waals surface area contributed by atoms with Gasteiger partial charge in [0.05, 0.1) is 7.11 Å². The number of nitrogens with one attached hydrogen (secondary N) is 3. The van der Waals surface area contributed by atoms with Gasteiger partial charge in [-0.25, -0.2) is 0 Å². The lowest BCUT2D eigenvalue weighted by atomic mass is 10.1. The summed E-state index contributed by atoms with van der Waals surface area (Å²) in [4.78, 5) is 6.72. The van der Waals surface area contributed by atoms with Gasteiger partial charge in [-0.3, -0.25) is 0 Å². The Kier molecular flexibility index (Phi) is 5.29. The van der Waals surface area contributed by atoms with Gasteiger partial charge in [-0.2, -0.15) is 0 Å². The van der Waals surface area contributed by atoms with Crippen LogP contribution in [0.5, 0.6) is 5.75 Å². The van der Waals surface area contributed by atoms with E-state index in [-0.39, 0.29) is 0 Å². The SMILES string of the molecule is COc1ccc(Br)cc1C[NH+]1CC[NH+](Cc2c[nH]c3ccccc23)CC1. The van der Waals surface area contributed by atoms with Crippen molar-refractivity contribution in [3.63, 3.8) is 0 Å². The van der Waals surface area contributed by atoms with Crippen molar-refractivity contribution in [1.29, 1.82) is 0 Å². The molecule has 1 fully saturated rings. The number of piperazine rings is 1. The van der Waals surface area contributed by atoms with Gasteiger partial charge in [-0.15, -0.1) is 0 Å². The molecule has 5 heteroatoms. The summed E-state index contributed by atoms with van der Waals surface area (Å²) in [5, 5.41) is 1.37. The molecule has 26 heavy (non-hydrogen) atoms. The van der Waals surface area contributed by atoms with Gasteiger partial charge in [0.2, 0.25) is 0 Å².